The molecular weight excluding hydrogens is 521 g/mol. The van der Waals surface area contributed by atoms with Crippen molar-refractivity contribution in [2.45, 2.75) is 57.7 Å². The summed E-state index contributed by atoms with van der Waals surface area (Å²) in [5.74, 6) is -0.485. The Morgan fingerprint density at radius 1 is 0.976 bits per heavy atom. The quantitative estimate of drug-likeness (QED) is 0.361. The van der Waals surface area contributed by atoms with Crippen LogP contribution in [0.1, 0.15) is 67.1 Å². The van der Waals surface area contributed by atoms with Gasteiger partial charge < -0.3 is 20.3 Å². The summed E-state index contributed by atoms with van der Waals surface area (Å²) in [7, 11) is 0. The van der Waals surface area contributed by atoms with Gasteiger partial charge in [-0.1, -0.05) is 56.3 Å². The summed E-state index contributed by atoms with van der Waals surface area (Å²) < 4.78 is 22.1. The van der Waals surface area contributed by atoms with Gasteiger partial charge in [0.15, 0.2) is 5.78 Å². The van der Waals surface area contributed by atoms with Crippen molar-refractivity contribution in [3.63, 3.8) is 0 Å². The first-order valence-electron chi connectivity index (χ1n) is 14.2. The maximum atomic E-state index is 16.1. The first kappa shape index (κ1) is 28.5. The van der Waals surface area contributed by atoms with E-state index in [0.29, 0.717) is 53.1 Å². The van der Waals surface area contributed by atoms with Gasteiger partial charge in [0.25, 0.3) is 0 Å². The van der Waals surface area contributed by atoms with Crippen molar-refractivity contribution in [1.82, 2.24) is 15.5 Å². The lowest BCUT2D eigenvalue weighted by molar-refractivity contribution is -0.137. The summed E-state index contributed by atoms with van der Waals surface area (Å²) in [5.41, 5.74) is 2.28. The summed E-state index contributed by atoms with van der Waals surface area (Å²) in [5, 5.41) is 6.14. The Labute approximate surface area is 240 Å². The van der Waals surface area contributed by atoms with Gasteiger partial charge >= 0.3 is 0 Å². The molecule has 2 aliphatic rings. The number of likely N-dealkylation sites (tertiary alicyclic amines) is 1. The molecule has 2 N–H and O–H groups in total. The molecule has 8 heteroatoms. The molecule has 5 rings (SSSR count). The minimum Gasteiger partial charge on any atom is -0.487 e. The molecule has 2 saturated heterocycles. The Hall–Kier alpha value is -4.04. The minimum atomic E-state index is -1.10. The van der Waals surface area contributed by atoms with Gasteiger partial charge in [0.1, 0.15) is 23.7 Å². The molecule has 2 amide bonds. The van der Waals surface area contributed by atoms with Crippen LogP contribution in [0, 0.1) is 5.82 Å². The lowest BCUT2D eigenvalue weighted by atomic mass is 9.86. The van der Waals surface area contributed by atoms with Crippen molar-refractivity contribution in [1.29, 1.82) is 0 Å². The lowest BCUT2D eigenvalue weighted by Crippen LogP contribution is -2.55. The van der Waals surface area contributed by atoms with Crippen molar-refractivity contribution < 1.29 is 23.5 Å². The molecule has 2 atom stereocenters. The molecule has 2 aliphatic heterocycles. The van der Waals surface area contributed by atoms with Crippen LogP contribution in [0.5, 0.6) is 5.75 Å². The number of Topliss-reactive ketones (excluding diaryl/α,β-unsaturated/α-hetero) is 1. The van der Waals surface area contributed by atoms with E-state index in [9.17, 15) is 14.4 Å². The number of nitrogens with one attached hydrogen (secondary N) is 2. The number of ether oxygens (including phenoxy) is 1. The number of carbonyl (C=O) groups is 3. The SMILES string of the molecule is CC(=O)N1CC(Oc2ccc(C(=O)C(NC(=O)C3CCCN3)c3ccc(C(C)C)c(F)c3-c3ccccc3)cc2)C1. The highest BCUT2D eigenvalue weighted by Gasteiger charge is 2.33. The summed E-state index contributed by atoms with van der Waals surface area (Å²) >= 11 is 0. The molecule has 41 heavy (non-hydrogen) atoms. The zero-order valence-corrected chi connectivity index (χ0v) is 23.7. The maximum Gasteiger partial charge on any atom is 0.237 e. The van der Waals surface area contributed by atoms with Crippen LogP contribution < -0.4 is 15.4 Å². The molecule has 2 heterocycles. The monoisotopic (exact) mass is 557 g/mol. The highest BCUT2D eigenvalue weighted by Crippen LogP contribution is 2.36. The van der Waals surface area contributed by atoms with E-state index in [1.54, 1.807) is 41.3 Å². The minimum absolute atomic E-state index is 0.0134. The van der Waals surface area contributed by atoms with Crippen LogP contribution in [0.3, 0.4) is 0 Å². The number of hydrogen-bond acceptors (Lipinski definition) is 5. The number of carbonyl (C=O) groups excluding carboxylic acids is 3. The first-order valence-corrected chi connectivity index (χ1v) is 14.2. The van der Waals surface area contributed by atoms with Crippen LogP contribution in [0.4, 0.5) is 4.39 Å². The summed E-state index contributed by atoms with van der Waals surface area (Å²) in [6, 6.07) is 17.8. The fourth-order valence-corrected chi connectivity index (χ4v) is 5.45. The normalized spacial score (nSPS) is 17.7. The molecular formula is C33H36FN3O4. The van der Waals surface area contributed by atoms with E-state index < -0.39 is 17.9 Å². The van der Waals surface area contributed by atoms with E-state index in [-0.39, 0.29) is 29.6 Å². The van der Waals surface area contributed by atoms with E-state index in [0.717, 1.165) is 13.0 Å². The number of rotatable bonds is 9. The topological polar surface area (TPSA) is 87.7 Å². The van der Waals surface area contributed by atoms with Crippen molar-refractivity contribution in [3.05, 3.63) is 89.2 Å². The average Bonchev–Trinajstić information content (AvgIpc) is 3.49. The van der Waals surface area contributed by atoms with Crippen LogP contribution in [-0.2, 0) is 9.59 Å². The van der Waals surface area contributed by atoms with Gasteiger partial charge in [-0.05, 0) is 66.3 Å². The molecule has 2 unspecified atom stereocenters. The third-order valence-electron chi connectivity index (χ3n) is 7.86. The Bertz CT molecular complexity index is 1410. The fraction of sp³-hybridized carbons (Fsp3) is 0.364. The standard InChI is InChI=1S/C33H36FN3O4/c1-20(2)26-15-16-27(29(30(26)34)22-8-5-4-6-9-22)31(36-33(40)28-10-7-17-35-28)32(39)23-11-13-24(14-12-23)41-25-18-37(19-25)21(3)38/h4-6,8-9,11-16,20,25,28,31,35H,7,10,17-19H2,1-3H3,(H,36,40). The third kappa shape index (κ3) is 6.17. The number of halogens is 1. The van der Waals surface area contributed by atoms with Gasteiger partial charge in [0, 0.05) is 18.1 Å². The lowest BCUT2D eigenvalue weighted by Gasteiger charge is -2.38. The average molecular weight is 558 g/mol. The molecule has 3 aromatic rings. The summed E-state index contributed by atoms with van der Waals surface area (Å²) in [6.45, 7) is 7.16. The molecule has 0 aromatic heterocycles. The molecule has 0 bridgehead atoms. The van der Waals surface area contributed by atoms with Crippen LogP contribution >= 0.6 is 0 Å². The Morgan fingerprint density at radius 2 is 1.66 bits per heavy atom. The Balaban J connectivity index is 1.49. The van der Waals surface area contributed by atoms with Gasteiger partial charge in [0.2, 0.25) is 11.8 Å². The number of benzene rings is 3. The second-order valence-corrected chi connectivity index (χ2v) is 11.1. The number of amides is 2. The van der Waals surface area contributed by atoms with Gasteiger partial charge in [-0.25, -0.2) is 4.39 Å². The number of ketones is 1. The van der Waals surface area contributed by atoms with E-state index in [1.807, 2.05) is 44.2 Å². The summed E-state index contributed by atoms with van der Waals surface area (Å²) in [6.07, 6.45) is 1.45. The highest BCUT2D eigenvalue weighted by molar-refractivity contribution is 6.04. The van der Waals surface area contributed by atoms with Crippen molar-refractivity contribution >= 4 is 17.6 Å². The Morgan fingerprint density at radius 3 is 2.27 bits per heavy atom. The smallest absolute Gasteiger partial charge is 0.237 e. The number of nitrogens with zero attached hydrogens (tertiary/aromatic N) is 1. The van der Waals surface area contributed by atoms with Gasteiger partial charge in [-0.15, -0.1) is 0 Å². The van der Waals surface area contributed by atoms with Gasteiger partial charge in [-0.2, -0.15) is 0 Å². The molecule has 214 valence electrons. The van der Waals surface area contributed by atoms with E-state index in [2.05, 4.69) is 10.6 Å². The van der Waals surface area contributed by atoms with Gasteiger partial charge in [0.05, 0.1) is 19.1 Å². The van der Waals surface area contributed by atoms with Crippen LogP contribution in [0.15, 0.2) is 66.7 Å². The van der Waals surface area contributed by atoms with Crippen molar-refractivity contribution in [2.24, 2.45) is 0 Å². The van der Waals surface area contributed by atoms with E-state index in [4.69, 9.17) is 4.74 Å². The zero-order valence-electron chi connectivity index (χ0n) is 23.7. The van der Waals surface area contributed by atoms with Crippen LogP contribution in [0.2, 0.25) is 0 Å². The van der Waals surface area contributed by atoms with Crippen molar-refractivity contribution in [3.8, 4) is 16.9 Å². The van der Waals surface area contributed by atoms with Crippen LogP contribution in [-0.4, -0.2) is 54.3 Å². The van der Waals surface area contributed by atoms with Gasteiger partial charge in [-0.3, -0.25) is 14.4 Å². The van der Waals surface area contributed by atoms with E-state index in [1.165, 1.54) is 6.92 Å². The number of hydrogen-bond donors (Lipinski definition) is 2. The summed E-state index contributed by atoms with van der Waals surface area (Å²) in [4.78, 5) is 40.5. The molecule has 3 aromatic carbocycles. The largest absolute Gasteiger partial charge is 0.487 e. The predicted molar refractivity (Wildman–Crippen MR) is 155 cm³/mol. The fourth-order valence-electron chi connectivity index (χ4n) is 5.45. The Kier molecular flexibility index (Phi) is 8.49. The molecule has 7 nitrogen and oxygen atoms in total. The molecule has 0 spiro atoms. The maximum absolute atomic E-state index is 16.1. The van der Waals surface area contributed by atoms with Crippen molar-refractivity contribution in [2.75, 3.05) is 19.6 Å². The molecule has 2 fully saturated rings. The molecule has 0 aliphatic carbocycles. The molecule has 0 radical (unpaired) electrons. The highest BCUT2D eigenvalue weighted by atomic mass is 19.1. The predicted octanol–water partition coefficient (Wildman–Crippen LogP) is 5.02. The van der Waals surface area contributed by atoms with Crippen LogP contribution in [0.25, 0.3) is 11.1 Å². The molecule has 0 saturated carbocycles. The second-order valence-electron chi connectivity index (χ2n) is 11.1. The third-order valence-corrected chi connectivity index (χ3v) is 7.86. The zero-order chi connectivity index (χ0) is 29.1. The second kappa shape index (κ2) is 12.2. The van der Waals surface area contributed by atoms with E-state index >= 15 is 4.39 Å². The first-order chi connectivity index (χ1) is 19.7.